The van der Waals surface area contributed by atoms with Crippen molar-refractivity contribution in [3.8, 4) is 11.3 Å². The monoisotopic (exact) mass is 470 g/mol. The van der Waals surface area contributed by atoms with Gasteiger partial charge in [0.15, 0.2) is 5.65 Å². The van der Waals surface area contributed by atoms with E-state index in [1.807, 2.05) is 17.7 Å². The van der Waals surface area contributed by atoms with E-state index in [4.69, 9.17) is 10.8 Å². The molecule has 0 aliphatic heterocycles. The van der Waals surface area contributed by atoms with Crippen molar-refractivity contribution in [2.24, 2.45) is 4.99 Å². The quantitative estimate of drug-likeness (QED) is 0.263. The molecule has 2 heterocycles. The van der Waals surface area contributed by atoms with Crippen LogP contribution in [0.15, 0.2) is 72.3 Å². The molecule has 2 aromatic heterocycles. The Balaban J connectivity index is 1.60. The summed E-state index contributed by atoms with van der Waals surface area (Å²) in [5, 5.41) is 11.1. The lowest BCUT2D eigenvalue weighted by molar-refractivity contribution is -0.117. The first-order valence-corrected chi connectivity index (χ1v) is 11.1. The minimum absolute atomic E-state index is 0.0574. The number of carbonyl (C=O) groups excluding carboxylic acids is 2. The summed E-state index contributed by atoms with van der Waals surface area (Å²) in [5.41, 5.74) is 8.69. The summed E-state index contributed by atoms with van der Waals surface area (Å²) in [7, 11) is 0. The fraction of sp³-hybridized carbons (Fsp3) is 0.200. The van der Waals surface area contributed by atoms with E-state index in [-0.39, 0.29) is 23.9 Å². The van der Waals surface area contributed by atoms with Crippen molar-refractivity contribution in [2.45, 2.75) is 31.8 Å². The summed E-state index contributed by atoms with van der Waals surface area (Å²) in [5.74, 6) is 0.183. The van der Waals surface area contributed by atoms with Crippen LogP contribution in [0.25, 0.3) is 22.3 Å². The van der Waals surface area contributed by atoms with E-state index in [0.29, 0.717) is 33.9 Å². The lowest BCUT2D eigenvalue weighted by Gasteiger charge is -2.35. The molecule has 4 N–H and O–H groups in total. The van der Waals surface area contributed by atoms with Gasteiger partial charge in [0, 0.05) is 17.2 Å². The molecule has 0 bridgehead atoms. The Bertz CT molecular complexity index is 1350. The van der Waals surface area contributed by atoms with Crippen LogP contribution in [0, 0.1) is 0 Å². The molecule has 35 heavy (non-hydrogen) atoms. The number of amides is 2. The zero-order chi connectivity index (χ0) is 24.9. The smallest absolute Gasteiger partial charge is 0.256 e. The van der Waals surface area contributed by atoms with Gasteiger partial charge in [-0.2, -0.15) is 5.10 Å². The van der Waals surface area contributed by atoms with Gasteiger partial charge in [-0.1, -0.05) is 30.9 Å². The third kappa shape index (κ3) is 4.86. The number of anilines is 1. The number of benzene rings is 1. The highest BCUT2D eigenvalue weighted by Crippen LogP contribution is 2.38. The minimum atomic E-state index is -0.306. The highest BCUT2D eigenvalue weighted by atomic mass is 16.2. The van der Waals surface area contributed by atoms with Gasteiger partial charge in [-0.15, -0.1) is 0 Å². The van der Waals surface area contributed by atoms with Crippen LogP contribution in [0.5, 0.6) is 0 Å². The minimum Gasteiger partial charge on any atom is -0.383 e. The van der Waals surface area contributed by atoms with Gasteiger partial charge in [0.2, 0.25) is 5.91 Å². The first-order chi connectivity index (χ1) is 16.9. The van der Waals surface area contributed by atoms with Gasteiger partial charge in [-0.05, 0) is 50.8 Å². The molecule has 1 aliphatic rings. The fourth-order valence-electron chi connectivity index (χ4n) is 3.91. The highest BCUT2D eigenvalue weighted by Gasteiger charge is 2.34. The van der Waals surface area contributed by atoms with Crippen LogP contribution < -0.4 is 16.4 Å². The van der Waals surface area contributed by atoms with Crippen LogP contribution in [0.4, 0.5) is 5.82 Å². The molecule has 10 heteroatoms. The molecule has 10 nitrogen and oxygen atoms in total. The summed E-state index contributed by atoms with van der Waals surface area (Å²) in [4.78, 5) is 36.5. The normalized spacial score (nSPS) is 17.7. The molecule has 1 aliphatic carbocycles. The highest BCUT2D eigenvalue weighted by molar-refractivity contribution is 5.99. The number of nitrogens with one attached hydrogen (secondary N) is 2. The Morgan fingerprint density at radius 2 is 1.97 bits per heavy atom. The molecule has 0 unspecified atom stereocenters. The van der Waals surface area contributed by atoms with Crippen LogP contribution in [0.2, 0.25) is 0 Å². The average molecular weight is 471 g/mol. The summed E-state index contributed by atoms with van der Waals surface area (Å²) in [6, 6.07) is 7.14. The number of hydrogen-bond acceptors (Lipinski definition) is 7. The number of rotatable bonds is 8. The number of allylic oxidation sites excluding steroid dienone is 3. The molecule has 0 radical (unpaired) electrons. The predicted molar refractivity (Wildman–Crippen MR) is 135 cm³/mol. The number of aromatic nitrogens is 4. The number of nitrogen functional groups attached to an aromatic ring is 1. The third-order valence-electron chi connectivity index (χ3n) is 5.79. The van der Waals surface area contributed by atoms with Crippen molar-refractivity contribution in [1.29, 1.82) is 0 Å². The Kier molecular flexibility index (Phi) is 6.81. The second kappa shape index (κ2) is 10.1. The largest absolute Gasteiger partial charge is 0.383 e. The van der Waals surface area contributed by atoms with E-state index in [1.54, 1.807) is 36.4 Å². The number of hydrogen-bond donors (Lipinski definition) is 3. The second-order valence-corrected chi connectivity index (χ2v) is 8.05. The Hall–Kier alpha value is -4.60. The van der Waals surface area contributed by atoms with E-state index in [1.165, 1.54) is 12.4 Å². The zero-order valence-electron chi connectivity index (χ0n) is 19.3. The standard InChI is InChI=1S/C25H26N8O2/c1-4-6-7-19(27-3)31-25(35)16-10-8-15(9-11-16)22-21-23(26)28-14-29-24(21)33(32-22)18-12-17(13-18)30-20(34)5-2/h4-11,14,17-18H,2-3,12-13H2,1H3,(H,30,34)(H,31,35)(H2,26,28,29)/b6-4-,19-7+. The molecule has 178 valence electrons. The third-order valence-corrected chi connectivity index (χ3v) is 5.79. The van der Waals surface area contributed by atoms with Crippen molar-refractivity contribution in [3.05, 3.63) is 72.9 Å². The van der Waals surface area contributed by atoms with Crippen LogP contribution in [-0.4, -0.2) is 44.3 Å². The topological polar surface area (TPSA) is 140 Å². The molecule has 0 saturated heterocycles. The molecule has 0 atom stereocenters. The van der Waals surface area contributed by atoms with Crippen molar-refractivity contribution in [2.75, 3.05) is 5.73 Å². The molecule has 1 fully saturated rings. The van der Waals surface area contributed by atoms with Crippen LogP contribution in [-0.2, 0) is 4.79 Å². The van der Waals surface area contributed by atoms with Gasteiger partial charge in [0.05, 0.1) is 11.4 Å². The Morgan fingerprint density at radius 1 is 1.23 bits per heavy atom. The number of nitrogens with two attached hydrogens (primary N) is 1. The van der Waals surface area contributed by atoms with Crippen molar-refractivity contribution < 1.29 is 9.59 Å². The molecular formula is C25H26N8O2. The number of aliphatic imine (C=N–C) groups is 1. The molecule has 3 aromatic rings. The van der Waals surface area contributed by atoms with Crippen LogP contribution >= 0.6 is 0 Å². The molecule has 1 saturated carbocycles. The number of nitrogens with zero attached hydrogens (tertiary/aromatic N) is 5. The molecule has 2 amide bonds. The lowest BCUT2D eigenvalue weighted by Crippen LogP contribution is -2.44. The van der Waals surface area contributed by atoms with Gasteiger partial charge >= 0.3 is 0 Å². The first-order valence-electron chi connectivity index (χ1n) is 11.1. The van der Waals surface area contributed by atoms with Gasteiger partial charge in [0.25, 0.3) is 5.91 Å². The van der Waals surface area contributed by atoms with Crippen molar-refractivity contribution in [3.63, 3.8) is 0 Å². The maximum Gasteiger partial charge on any atom is 0.256 e. The first kappa shape index (κ1) is 23.6. The van der Waals surface area contributed by atoms with Crippen LogP contribution in [0.3, 0.4) is 0 Å². The molecule has 4 rings (SSSR count). The summed E-state index contributed by atoms with van der Waals surface area (Å²) in [6.45, 7) is 8.83. The maximum absolute atomic E-state index is 12.6. The average Bonchev–Trinajstić information content (AvgIpc) is 3.23. The van der Waals surface area contributed by atoms with Gasteiger partial charge in [-0.3, -0.25) is 9.59 Å². The van der Waals surface area contributed by atoms with Gasteiger partial charge < -0.3 is 16.4 Å². The van der Waals surface area contributed by atoms with E-state index in [2.05, 4.69) is 38.9 Å². The van der Waals surface area contributed by atoms with E-state index in [0.717, 1.165) is 18.4 Å². The fourth-order valence-corrected chi connectivity index (χ4v) is 3.91. The van der Waals surface area contributed by atoms with Crippen LogP contribution in [0.1, 0.15) is 36.2 Å². The van der Waals surface area contributed by atoms with E-state index in [9.17, 15) is 9.59 Å². The van der Waals surface area contributed by atoms with Gasteiger partial charge in [0.1, 0.15) is 23.7 Å². The van der Waals surface area contributed by atoms with Crippen molar-refractivity contribution >= 4 is 35.4 Å². The lowest BCUT2D eigenvalue weighted by atomic mass is 9.87. The summed E-state index contributed by atoms with van der Waals surface area (Å²) >= 11 is 0. The predicted octanol–water partition coefficient (Wildman–Crippen LogP) is 2.93. The molecule has 1 aromatic carbocycles. The Labute approximate surface area is 202 Å². The van der Waals surface area contributed by atoms with Crippen molar-refractivity contribution in [1.82, 2.24) is 30.4 Å². The summed E-state index contributed by atoms with van der Waals surface area (Å²) in [6.07, 6.45) is 9.37. The van der Waals surface area contributed by atoms with E-state index >= 15 is 0 Å². The SMILES string of the molecule is C=CC(=O)NC1CC(n2nc(-c3ccc(C(=O)N/C(=C/C=C\C)N=C)cc3)c3c(N)ncnc32)C1. The summed E-state index contributed by atoms with van der Waals surface area (Å²) < 4.78 is 1.84. The van der Waals surface area contributed by atoms with Gasteiger partial charge in [-0.25, -0.2) is 19.6 Å². The number of carbonyl (C=O) groups is 2. The molecule has 0 spiro atoms. The number of fused-ring (bicyclic) bond motifs is 1. The van der Waals surface area contributed by atoms with E-state index < -0.39 is 0 Å². The maximum atomic E-state index is 12.6. The second-order valence-electron chi connectivity index (χ2n) is 8.05. The Morgan fingerprint density at radius 3 is 2.63 bits per heavy atom. The zero-order valence-corrected chi connectivity index (χ0v) is 19.3. The molecular weight excluding hydrogens is 444 g/mol.